The van der Waals surface area contributed by atoms with Gasteiger partial charge in [-0.1, -0.05) is 35.5 Å². The number of carbonyl (C=O) groups is 1. The molecule has 0 aliphatic heterocycles. The van der Waals surface area contributed by atoms with Gasteiger partial charge in [0, 0.05) is 0 Å². The highest BCUT2D eigenvalue weighted by atomic mass is 19.4. The summed E-state index contributed by atoms with van der Waals surface area (Å²) in [7, 11) is 0. The third kappa shape index (κ3) is 7.49. The van der Waals surface area contributed by atoms with Crippen LogP contribution in [-0.4, -0.2) is 23.9 Å². The van der Waals surface area contributed by atoms with E-state index in [4.69, 9.17) is 9.84 Å². The quantitative estimate of drug-likeness (QED) is 0.222. The Kier molecular flexibility index (Phi) is 7.68. The predicted octanol–water partition coefficient (Wildman–Crippen LogP) is 6.41. The molecular formula is C24H17F6NO4. The van der Waals surface area contributed by atoms with E-state index in [0.717, 1.165) is 11.1 Å². The average Bonchev–Trinajstić information content (AvgIpc) is 2.80. The van der Waals surface area contributed by atoms with Gasteiger partial charge in [0.2, 0.25) is 6.61 Å². The Labute approximate surface area is 195 Å². The maximum Gasteiger partial charge on any atom is 0.416 e. The Morgan fingerprint density at radius 2 is 1.49 bits per heavy atom. The van der Waals surface area contributed by atoms with Gasteiger partial charge in [-0.3, -0.25) is 0 Å². The Morgan fingerprint density at radius 1 is 0.857 bits per heavy atom. The van der Waals surface area contributed by atoms with Gasteiger partial charge in [-0.05, 0) is 58.7 Å². The second-order valence-electron chi connectivity index (χ2n) is 7.25. The van der Waals surface area contributed by atoms with Crippen molar-refractivity contribution in [3.05, 3.63) is 89.0 Å². The van der Waals surface area contributed by atoms with Crippen LogP contribution in [0, 0.1) is 0 Å². The first-order chi connectivity index (χ1) is 16.4. The molecule has 0 saturated carbocycles. The zero-order valence-corrected chi connectivity index (χ0v) is 17.7. The van der Waals surface area contributed by atoms with Gasteiger partial charge in [0.1, 0.15) is 12.4 Å². The molecule has 0 amide bonds. The molecule has 5 nitrogen and oxygen atoms in total. The topological polar surface area (TPSA) is 68.1 Å². The third-order valence-electron chi connectivity index (χ3n) is 4.59. The second-order valence-corrected chi connectivity index (χ2v) is 7.25. The number of halogens is 6. The summed E-state index contributed by atoms with van der Waals surface area (Å²) in [5.74, 6) is -0.911. The van der Waals surface area contributed by atoms with Crippen LogP contribution < -0.4 is 4.74 Å². The van der Waals surface area contributed by atoms with E-state index < -0.39 is 42.7 Å². The minimum Gasteiger partial charge on any atom is -0.489 e. The summed E-state index contributed by atoms with van der Waals surface area (Å²) in [6.07, 6.45) is -8.52. The van der Waals surface area contributed by atoms with Gasteiger partial charge in [0.25, 0.3) is 0 Å². The molecule has 11 heteroatoms. The number of carboxylic acid groups (broad SMARTS) is 1. The summed E-state index contributed by atoms with van der Waals surface area (Å²) >= 11 is 0. The van der Waals surface area contributed by atoms with E-state index in [1.807, 2.05) is 0 Å². The SMILES string of the molecule is O=C(O)CO/N=C/c1cccc(-c2ccc(OCc3cc(C(F)(F)F)cc(C(F)(F)F)c3)cc2)c1. The van der Waals surface area contributed by atoms with Crippen molar-refractivity contribution in [1.29, 1.82) is 0 Å². The maximum absolute atomic E-state index is 13.0. The van der Waals surface area contributed by atoms with E-state index >= 15 is 0 Å². The first-order valence-corrected chi connectivity index (χ1v) is 9.90. The van der Waals surface area contributed by atoms with Crippen molar-refractivity contribution in [1.82, 2.24) is 0 Å². The van der Waals surface area contributed by atoms with Crippen molar-refractivity contribution < 1.29 is 45.8 Å². The molecule has 0 spiro atoms. The Morgan fingerprint density at radius 3 is 2.06 bits per heavy atom. The van der Waals surface area contributed by atoms with Crippen LogP contribution in [0.4, 0.5) is 26.3 Å². The number of oxime groups is 1. The highest BCUT2D eigenvalue weighted by Gasteiger charge is 2.36. The molecule has 3 aromatic rings. The number of aliphatic carboxylic acids is 1. The molecule has 0 aliphatic carbocycles. The van der Waals surface area contributed by atoms with Gasteiger partial charge in [0.05, 0.1) is 17.3 Å². The van der Waals surface area contributed by atoms with Crippen molar-refractivity contribution in [2.75, 3.05) is 6.61 Å². The first kappa shape index (κ1) is 25.6. The minimum atomic E-state index is -4.93. The number of hydrogen-bond acceptors (Lipinski definition) is 4. The summed E-state index contributed by atoms with van der Waals surface area (Å²) in [4.78, 5) is 15.0. The van der Waals surface area contributed by atoms with E-state index in [1.54, 1.807) is 36.4 Å². The van der Waals surface area contributed by atoms with Gasteiger partial charge in [-0.15, -0.1) is 0 Å². The average molecular weight is 497 g/mol. The van der Waals surface area contributed by atoms with Crippen molar-refractivity contribution in [3.63, 3.8) is 0 Å². The molecular weight excluding hydrogens is 480 g/mol. The van der Waals surface area contributed by atoms with Crippen LogP contribution >= 0.6 is 0 Å². The lowest BCUT2D eigenvalue weighted by molar-refractivity contribution is -0.144. The molecule has 0 radical (unpaired) electrons. The van der Waals surface area contributed by atoms with Gasteiger partial charge in [-0.25, -0.2) is 4.79 Å². The van der Waals surface area contributed by atoms with Crippen LogP contribution in [0.2, 0.25) is 0 Å². The van der Waals surface area contributed by atoms with Gasteiger partial charge in [-0.2, -0.15) is 26.3 Å². The van der Waals surface area contributed by atoms with Crippen LogP contribution in [0.3, 0.4) is 0 Å². The molecule has 0 heterocycles. The smallest absolute Gasteiger partial charge is 0.416 e. The van der Waals surface area contributed by atoms with Gasteiger partial charge >= 0.3 is 18.3 Å². The lowest BCUT2D eigenvalue weighted by Gasteiger charge is -2.15. The fourth-order valence-corrected chi connectivity index (χ4v) is 3.00. The number of hydrogen-bond donors (Lipinski definition) is 1. The molecule has 0 bridgehead atoms. The molecule has 0 atom stereocenters. The lowest BCUT2D eigenvalue weighted by Crippen LogP contribution is -2.12. The minimum absolute atomic E-state index is 0.0649. The number of nitrogens with zero attached hydrogens (tertiary/aromatic N) is 1. The molecule has 3 rings (SSSR count). The van der Waals surface area contributed by atoms with Gasteiger partial charge in [0.15, 0.2) is 0 Å². The molecule has 0 fully saturated rings. The van der Waals surface area contributed by atoms with E-state index in [9.17, 15) is 31.1 Å². The lowest BCUT2D eigenvalue weighted by atomic mass is 10.0. The van der Waals surface area contributed by atoms with Crippen LogP contribution in [0.5, 0.6) is 5.75 Å². The Balaban J connectivity index is 1.71. The Hall–Kier alpha value is -4.02. The van der Waals surface area contributed by atoms with E-state index in [0.29, 0.717) is 17.7 Å². The Bertz CT molecular complexity index is 1170. The molecule has 0 aliphatic rings. The van der Waals surface area contributed by atoms with Crippen LogP contribution in [-0.2, 0) is 28.6 Å². The number of ether oxygens (including phenoxy) is 1. The molecule has 35 heavy (non-hydrogen) atoms. The highest BCUT2D eigenvalue weighted by molar-refractivity contribution is 5.82. The molecule has 1 N–H and O–H groups in total. The maximum atomic E-state index is 13.0. The summed E-state index contributed by atoms with van der Waals surface area (Å²) in [5.41, 5.74) is -0.924. The van der Waals surface area contributed by atoms with Gasteiger partial charge < -0.3 is 14.7 Å². The third-order valence-corrected chi connectivity index (χ3v) is 4.59. The molecule has 3 aromatic carbocycles. The van der Waals surface area contributed by atoms with Crippen LogP contribution in [0.1, 0.15) is 22.3 Å². The van der Waals surface area contributed by atoms with Crippen LogP contribution in [0.15, 0.2) is 71.9 Å². The molecule has 184 valence electrons. The zero-order chi connectivity index (χ0) is 25.6. The fraction of sp³-hybridized carbons (Fsp3) is 0.167. The number of rotatable bonds is 8. The summed E-state index contributed by atoms with van der Waals surface area (Å²) in [6, 6.07) is 14.7. The highest BCUT2D eigenvalue weighted by Crippen LogP contribution is 2.36. The number of alkyl halides is 6. The van der Waals surface area contributed by atoms with Crippen molar-refractivity contribution >= 4 is 12.2 Å². The van der Waals surface area contributed by atoms with Crippen molar-refractivity contribution in [2.45, 2.75) is 19.0 Å². The zero-order valence-electron chi connectivity index (χ0n) is 17.7. The second kappa shape index (κ2) is 10.5. The largest absolute Gasteiger partial charge is 0.489 e. The number of carboxylic acids is 1. The van der Waals surface area contributed by atoms with Crippen LogP contribution in [0.25, 0.3) is 11.1 Å². The molecule has 0 saturated heterocycles. The first-order valence-electron chi connectivity index (χ1n) is 9.90. The van der Waals surface area contributed by atoms with Crippen molar-refractivity contribution in [2.24, 2.45) is 5.16 Å². The summed E-state index contributed by atoms with van der Waals surface area (Å²) in [5, 5.41) is 12.1. The standard InChI is InChI=1S/C24H17F6NO4/c25-23(26,27)19-9-16(10-20(11-19)24(28,29)30)13-34-21-6-4-17(5-7-21)18-3-1-2-15(8-18)12-31-35-14-22(32)33/h1-12H,13-14H2,(H,32,33)/b31-12+. The molecule has 0 aromatic heterocycles. The number of benzene rings is 3. The predicted molar refractivity (Wildman–Crippen MR) is 114 cm³/mol. The van der Waals surface area contributed by atoms with E-state index in [2.05, 4.69) is 9.99 Å². The summed E-state index contributed by atoms with van der Waals surface area (Å²) < 4.78 is 83.4. The fourth-order valence-electron chi connectivity index (χ4n) is 3.00. The van der Waals surface area contributed by atoms with E-state index in [1.165, 1.54) is 18.3 Å². The van der Waals surface area contributed by atoms with Crippen molar-refractivity contribution in [3.8, 4) is 16.9 Å². The molecule has 0 unspecified atom stereocenters. The monoisotopic (exact) mass is 497 g/mol. The normalized spacial score (nSPS) is 12.1. The summed E-state index contributed by atoms with van der Waals surface area (Å²) in [6.45, 7) is -1.07. The van der Waals surface area contributed by atoms with E-state index in [-0.39, 0.29) is 17.4 Å².